The monoisotopic (exact) mass is 310 g/mol. The third-order valence-electron chi connectivity index (χ3n) is 3.29. The molecule has 0 radical (unpaired) electrons. The number of halogens is 1. The number of carbonyl (C=O) groups excluding carboxylic acids is 1. The van der Waals surface area contributed by atoms with Crippen LogP contribution in [0, 0.1) is 0 Å². The van der Waals surface area contributed by atoms with Crippen molar-refractivity contribution in [3.05, 3.63) is 18.5 Å². The Kier molecular flexibility index (Phi) is 4.73. The molecule has 122 valence electrons. The summed E-state index contributed by atoms with van der Waals surface area (Å²) < 4.78 is 19.2. The molecule has 1 amide bonds. The number of alkyl halides is 1. The summed E-state index contributed by atoms with van der Waals surface area (Å²) in [5.41, 5.74) is 6.53. The molecule has 1 aliphatic heterocycles. The molecule has 0 aromatic carbocycles. The summed E-state index contributed by atoms with van der Waals surface area (Å²) in [5.74, 6) is 0. The van der Waals surface area contributed by atoms with Crippen molar-refractivity contribution in [2.24, 2.45) is 0 Å². The van der Waals surface area contributed by atoms with Crippen molar-refractivity contribution in [3.63, 3.8) is 0 Å². The van der Waals surface area contributed by atoms with Gasteiger partial charge in [0, 0.05) is 25.7 Å². The predicted octanol–water partition coefficient (Wildman–Crippen LogP) is 2.11. The molecule has 6 nitrogen and oxygen atoms in total. The van der Waals surface area contributed by atoms with E-state index in [2.05, 4.69) is 10.3 Å². The number of anilines is 2. The highest BCUT2D eigenvalue weighted by atomic mass is 19.1. The Hall–Kier alpha value is -2.05. The molecule has 2 heterocycles. The van der Waals surface area contributed by atoms with Crippen molar-refractivity contribution in [2.45, 2.75) is 45.0 Å². The molecule has 22 heavy (non-hydrogen) atoms. The lowest BCUT2D eigenvalue weighted by Gasteiger charge is -2.37. The zero-order valence-corrected chi connectivity index (χ0v) is 13.2. The van der Waals surface area contributed by atoms with Crippen molar-refractivity contribution in [1.29, 1.82) is 0 Å². The normalized spacial score (nSPS) is 22.3. The molecule has 0 spiro atoms. The van der Waals surface area contributed by atoms with E-state index in [9.17, 15) is 9.18 Å². The fraction of sp³-hybridized carbons (Fsp3) is 0.600. The van der Waals surface area contributed by atoms with Crippen LogP contribution in [-0.2, 0) is 4.74 Å². The quantitative estimate of drug-likeness (QED) is 0.874. The maximum Gasteiger partial charge on any atom is 0.407 e. The second-order valence-electron chi connectivity index (χ2n) is 6.52. The van der Waals surface area contributed by atoms with Gasteiger partial charge in [-0.05, 0) is 26.8 Å². The van der Waals surface area contributed by atoms with Gasteiger partial charge in [-0.1, -0.05) is 0 Å². The number of hydrogen-bond acceptors (Lipinski definition) is 5. The van der Waals surface area contributed by atoms with Gasteiger partial charge < -0.3 is 20.7 Å². The van der Waals surface area contributed by atoms with Crippen molar-refractivity contribution >= 4 is 17.5 Å². The maximum atomic E-state index is 14.0. The van der Waals surface area contributed by atoms with Crippen LogP contribution in [0.25, 0.3) is 0 Å². The van der Waals surface area contributed by atoms with Gasteiger partial charge >= 0.3 is 6.09 Å². The van der Waals surface area contributed by atoms with E-state index >= 15 is 0 Å². The minimum Gasteiger partial charge on any atom is -0.444 e. The Morgan fingerprint density at radius 3 is 2.86 bits per heavy atom. The lowest BCUT2D eigenvalue weighted by Crippen LogP contribution is -2.52. The molecule has 1 aliphatic rings. The topological polar surface area (TPSA) is 80.5 Å². The Morgan fingerprint density at radius 2 is 2.23 bits per heavy atom. The van der Waals surface area contributed by atoms with Crippen molar-refractivity contribution in [1.82, 2.24) is 10.3 Å². The van der Waals surface area contributed by atoms with Gasteiger partial charge in [0.05, 0.1) is 23.6 Å². The molecule has 3 N–H and O–H groups in total. The highest BCUT2D eigenvalue weighted by Crippen LogP contribution is 2.26. The Balaban J connectivity index is 2.02. The molecule has 1 aromatic rings. The van der Waals surface area contributed by atoms with E-state index in [0.29, 0.717) is 12.2 Å². The third kappa shape index (κ3) is 4.47. The Bertz CT molecular complexity index is 533. The van der Waals surface area contributed by atoms with Gasteiger partial charge in [0.25, 0.3) is 0 Å². The van der Waals surface area contributed by atoms with Gasteiger partial charge in [-0.3, -0.25) is 4.98 Å². The summed E-state index contributed by atoms with van der Waals surface area (Å²) >= 11 is 0. The Labute approximate surface area is 129 Å². The number of carbonyl (C=O) groups is 1. The maximum absolute atomic E-state index is 14.0. The van der Waals surface area contributed by atoms with E-state index in [1.54, 1.807) is 33.0 Å². The summed E-state index contributed by atoms with van der Waals surface area (Å²) in [7, 11) is 0. The van der Waals surface area contributed by atoms with Gasteiger partial charge in [-0.2, -0.15) is 0 Å². The number of piperidine rings is 1. The SMILES string of the molecule is CC(C)(C)OC(=O)N[C@H]1C[C@@H](F)CN(c2ccncc2N)C1. The Morgan fingerprint density at radius 1 is 1.50 bits per heavy atom. The molecule has 1 saturated heterocycles. The molecule has 7 heteroatoms. The van der Waals surface area contributed by atoms with Crippen LogP contribution < -0.4 is 16.0 Å². The van der Waals surface area contributed by atoms with Crippen LogP contribution in [-0.4, -0.2) is 42.0 Å². The first-order valence-electron chi connectivity index (χ1n) is 7.32. The summed E-state index contributed by atoms with van der Waals surface area (Å²) in [4.78, 5) is 17.6. The standard InChI is InChI=1S/C15H23FN4O2/c1-15(2,3)22-14(21)19-11-6-10(16)8-20(9-11)13-4-5-18-7-12(13)17/h4-5,7,10-11H,6,8-9,17H2,1-3H3,(H,19,21)/t10-,11+/m1/s1. The van der Waals surface area contributed by atoms with Crippen molar-refractivity contribution < 1.29 is 13.9 Å². The molecule has 2 rings (SSSR count). The van der Waals surface area contributed by atoms with Crippen LogP contribution in [0.4, 0.5) is 20.6 Å². The first kappa shape index (κ1) is 16.3. The number of nitrogens with zero attached hydrogens (tertiary/aromatic N) is 2. The van der Waals surface area contributed by atoms with Crippen LogP contribution in [0.3, 0.4) is 0 Å². The average molecular weight is 310 g/mol. The summed E-state index contributed by atoms with van der Waals surface area (Å²) in [6.07, 6.45) is 1.84. The average Bonchev–Trinajstić information content (AvgIpc) is 2.35. The molecule has 1 fully saturated rings. The van der Waals surface area contributed by atoms with Gasteiger partial charge in [-0.25, -0.2) is 9.18 Å². The van der Waals surface area contributed by atoms with Crippen molar-refractivity contribution in [2.75, 3.05) is 23.7 Å². The van der Waals surface area contributed by atoms with Crippen LogP contribution in [0.2, 0.25) is 0 Å². The second-order valence-corrected chi connectivity index (χ2v) is 6.52. The third-order valence-corrected chi connectivity index (χ3v) is 3.29. The number of nitrogens with two attached hydrogens (primary N) is 1. The number of alkyl carbamates (subject to hydrolysis) is 1. The number of aromatic nitrogens is 1. The minimum absolute atomic E-state index is 0.251. The van der Waals surface area contributed by atoms with Crippen LogP contribution >= 0.6 is 0 Å². The smallest absolute Gasteiger partial charge is 0.407 e. The van der Waals surface area contributed by atoms with Crippen LogP contribution in [0.1, 0.15) is 27.2 Å². The van der Waals surface area contributed by atoms with E-state index < -0.39 is 17.9 Å². The number of rotatable bonds is 2. The van der Waals surface area contributed by atoms with Crippen LogP contribution in [0.5, 0.6) is 0 Å². The first-order chi connectivity index (χ1) is 10.2. The van der Waals surface area contributed by atoms with E-state index in [0.717, 1.165) is 5.69 Å². The fourth-order valence-corrected chi connectivity index (χ4v) is 2.50. The lowest BCUT2D eigenvalue weighted by atomic mass is 10.0. The first-order valence-corrected chi connectivity index (χ1v) is 7.32. The molecular formula is C15H23FN4O2. The highest BCUT2D eigenvalue weighted by Gasteiger charge is 2.30. The zero-order chi connectivity index (χ0) is 16.3. The van der Waals surface area contributed by atoms with Gasteiger partial charge in [0.2, 0.25) is 0 Å². The molecule has 2 atom stereocenters. The molecule has 0 saturated carbocycles. The summed E-state index contributed by atoms with van der Waals surface area (Å²) in [6.45, 7) is 6.09. The minimum atomic E-state index is -1.04. The largest absolute Gasteiger partial charge is 0.444 e. The molecule has 0 unspecified atom stereocenters. The van der Waals surface area contributed by atoms with Crippen molar-refractivity contribution in [3.8, 4) is 0 Å². The van der Waals surface area contributed by atoms with E-state index in [1.165, 1.54) is 6.20 Å². The van der Waals surface area contributed by atoms with Gasteiger partial charge in [0.15, 0.2) is 0 Å². The number of hydrogen-bond donors (Lipinski definition) is 2. The molecule has 0 bridgehead atoms. The summed E-state index contributed by atoms with van der Waals surface area (Å²) in [6, 6.07) is 1.42. The molecular weight excluding hydrogens is 287 g/mol. The van der Waals surface area contributed by atoms with Gasteiger partial charge in [-0.15, -0.1) is 0 Å². The second kappa shape index (κ2) is 6.37. The molecule has 1 aromatic heterocycles. The van der Waals surface area contributed by atoms with Crippen LogP contribution in [0.15, 0.2) is 18.5 Å². The number of amides is 1. The number of nitrogen functional groups attached to an aromatic ring is 1. The molecule has 0 aliphatic carbocycles. The van der Waals surface area contributed by atoms with E-state index in [4.69, 9.17) is 10.5 Å². The number of ether oxygens (including phenoxy) is 1. The number of nitrogens with one attached hydrogen (secondary N) is 1. The summed E-state index contributed by atoms with van der Waals surface area (Å²) in [5, 5.41) is 2.73. The van der Waals surface area contributed by atoms with E-state index in [1.807, 2.05) is 4.90 Å². The lowest BCUT2D eigenvalue weighted by molar-refractivity contribution is 0.0491. The zero-order valence-electron chi connectivity index (χ0n) is 13.2. The fourth-order valence-electron chi connectivity index (χ4n) is 2.50. The number of pyridine rings is 1. The highest BCUT2D eigenvalue weighted by molar-refractivity contribution is 5.69. The predicted molar refractivity (Wildman–Crippen MR) is 83.5 cm³/mol. The van der Waals surface area contributed by atoms with Gasteiger partial charge in [0.1, 0.15) is 11.8 Å². The van der Waals surface area contributed by atoms with E-state index in [-0.39, 0.29) is 19.0 Å².